The summed E-state index contributed by atoms with van der Waals surface area (Å²) in [5, 5.41) is 3.39. The monoisotopic (exact) mass is 393 g/mol. The molecule has 2 saturated heterocycles. The Labute approximate surface area is 173 Å². The number of nitrogens with zero attached hydrogens (tertiary/aromatic N) is 2. The first kappa shape index (κ1) is 20.0. The molecular weight excluding hydrogens is 362 g/mol. The third-order valence-corrected chi connectivity index (χ3v) is 6.45. The smallest absolute Gasteiger partial charge is 0.226 e. The van der Waals surface area contributed by atoms with Gasteiger partial charge in [-0.2, -0.15) is 0 Å². The first-order chi connectivity index (χ1) is 14.1. The number of piperidine rings is 1. The van der Waals surface area contributed by atoms with Crippen molar-refractivity contribution in [3.63, 3.8) is 0 Å². The lowest BCUT2D eigenvalue weighted by atomic mass is 9.74. The number of hydrogen-bond donors (Lipinski definition) is 1. The van der Waals surface area contributed by atoms with E-state index in [0.717, 1.165) is 56.3 Å². The Hall–Kier alpha value is -2.24. The molecule has 3 heterocycles. The molecule has 2 fully saturated rings. The average Bonchev–Trinajstić information content (AvgIpc) is 2.77. The van der Waals surface area contributed by atoms with Crippen molar-refractivity contribution in [3.8, 4) is 11.1 Å². The molecule has 5 nitrogen and oxygen atoms in total. The minimum absolute atomic E-state index is 0.210. The number of nitrogens with one attached hydrogen (secondary N) is 1. The van der Waals surface area contributed by atoms with Gasteiger partial charge >= 0.3 is 0 Å². The summed E-state index contributed by atoms with van der Waals surface area (Å²) in [6.45, 7) is 3.41. The van der Waals surface area contributed by atoms with Gasteiger partial charge in [-0.25, -0.2) is 0 Å². The third kappa shape index (κ3) is 4.85. The Bertz CT molecular complexity index is 810. The molecule has 0 bridgehead atoms. The lowest BCUT2D eigenvalue weighted by Gasteiger charge is -2.38. The molecule has 0 atom stereocenters. The van der Waals surface area contributed by atoms with Crippen LogP contribution in [0.5, 0.6) is 0 Å². The normalized spacial score (nSPS) is 20.3. The molecule has 0 saturated carbocycles. The van der Waals surface area contributed by atoms with Crippen LogP contribution < -0.4 is 5.32 Å². The van der Waals surface area contributed by atoms with Crippen molar-refractivity contribution in [1.82, 2.24) is 15.2 Å². The van der Waals surface area contributed by atoms with Gasteiger partial charge in [-0.05, 0) is 75.0 Å². The highest BCUT2D eigenvalue weighted by Crippen LogP contribution is 2.36. The van der Waals surface area contributed by atoms with Crippen molar-refractivity contribution < 1.29 is 9.53 Å². The molecule has 2 aliphatic rings. The maximum absolute atomic E-state index is 13.4. The summed E-state index contributed by atoms with van der Waals surface area (Å²) in [6.07, 6.45) is 8.05. The number of likely N-dealkylation sites (tertiary alicyclic amines) is 1. The number of rotatable bonds is 5. The summed E-state index contributed by atoms with van der Waals surface area (Å²) in [6, 6.07) is 12.9. The van der Waals surface area contributed by atoms with Crippen molar-refractivity contribution in [1.29, 1.82) is 0 Å². The summed E-state index contributed by atoms with van der Waals surface area (Å²) in [5.41, 5.74) is 3.07. The highest BCUT2D eigenvalue weighted by molar-refractivity contribution is 5.83. The third-order valence-electron chi connectivity index (χ3n) is 6.45. The largest absolute Gasteiger partial charge is 0.381 e. The Balaban J connectivity index is 1.52. The van der Waals surface area contributed by atoms with Crippen LogP contribution in [0.1, 0.15) is 31.2 Å². The van der Waals surface area contributed by atoms with E-state index >= 15 is 0 Å². The van der Waals surface area contributed by atoms with Gasteiger partial charge in [0.25, 0.3) is 0 Å². The number of carbonyl (C=O) groups excluding carboxylic acids is 1. The van der Waals surface area contributed by atoms with Crippen LogP contribution in [0.15, 0.2) is 48.8 Å². The first-order valence-electron chi connectivity index (χ1n) is 10.7. The predicted octanol–water partition coefficient (Wildman–Crippen LogP) is 3.30. The Morgan fingerprint density at radius 1 is 1.17 bits per heavy atom. The zero-order valence-corrected chi connectivity index (χ0v) is 17.3. The number of pyridine rings is 1. The maximum Gasteiger partial charge on any atom is 0.226 e. The average molecular weight is 394 g/mol. The molecule has 0 radical (unpaired) electrons. The fourth-order valence-corrected chi connectivity index (χ4v) is 4.52. The topological polar surface area (TPSA) is 54.5 Å². The highest BCUT2D eigenvalue weighted by atomic mass is 16.5. The van der Waals surface area contributed by atoms with E-state index in [1.165, 1.54) is 5.56 Å². The second-order valence-corrected chi connectivity index (χ2v) is 8.56. The quantitative estimate of drug-likeness (QED) is 0.847. The molecule has 0 unspecified atom stereocenters. The molecule has 1 N–H and O–H groups in total. The number of ether oxygens (including phenoxy) is 1. The fraction of sp³-hybridized carbons (Fsp3) is 0.500. The Morgan fingerprint density at radius 3 is 2.66 bits per heavy atom. The molecule has 2 aliphatic heterocycles. The fourth-order valence-electron chi connectivity index (χ4n) is 4.52. The van der Waals surface area contributed by atoms with E-state index < -0.39 is 0 Å². The van der Waals surface area contributed by atoms with Crippen LogP contribution in [-0.2, 0) is 16.0 Å². The van der Waals surface area contributed by atoms with Gasteiger partial charge in [0.2, 0.25) is 5.91 Å². The number of carbonyl (C=O) groups is 1. The van der Waals surface area contributed by atoms with E-state index in [2.05, 4.69) is 52.6 Å². The van der Waals surface area contributed by atoms with Crippen LogP contribution in [0.4, 0.5) is 0 Å². The molecule has 1 aromatic heterocycles. The summed E-state index contributed by atoms with van der Waals surface area (Å²) in [7, 11) is 2.15. The van der Waals surface area contributed by atoms with Crippen molar-refractivity contribution >= 4 is 5.91 Å². The van der Waals surface area contributed by atoms with E-state index in [0.29, 0.717) is 19.3 Å². The molecule has 5 heteroatoms. The minimum Gasteiger partial charge on any atom is -0.381 e. The van der Waals surface area contributed by atoms with Gasteiger partial charge in [-0.3, -0.25) is 9.78 Å². The Morgan fingerprint density at radius 2 is 1.93 bits per heavy atom. The van der Waals surface area contributed by atoms with E-state index in [4.69, 9.17) is 4.74 Å². The van der Waals surface area contributed by atoms with E-state index in [9.17, 15) is 4.79 Å². The summed E-state index contributed by atoms with van der Waals surface area (Å²) < 4.78 is 5.61. The minimum atomic E-state index is -0.380. The van der Waals surface area contributed by atoms with E-state index in [1.807, 2.05) is 12.3 Å². The van der Waals surface area contributed by atoms with E-state index in [-0.39, 0.29) is 11.3 Å². The van der Waals surface area contributed by atoms with Crippen molar-refractivity contribution in [2.75, 3.05) is 33.4 Å². The number of amides is 1. The number of aromatic nitrogens is 1. The van der Waals surface area contributed by atoms with Gasteiger partial charge in [0.15, 0.2) is 0 Å². The standard InChI is InChI=1S/C24H31N3O2/c1-27-12-7-22(8-13-27)26-23(28)24(9-14-29-15-10-24)17-19-4-2-5-20(16-19)21-6-3-11-25-18-21/h2-6,11,16,18,22H,7-10,12-15,17H2,1H3,(H,26,28). The van der Waals surface area contributed by atoms with Gasteiger partial charge in [0.05, 0.1) is 5.41 Å². The molecule has 154 valence electrons. The van der Waals surface area contributed by atoms with Crippen LogP contribution in [0.2, 0.25) is 0 Å². The highest BCUT2D eigenvalue weighted by Gasteiger charge is 2.41. The maximum atomic E-state index is 13.4. The molecule has 1 amide bonds. The van der Waals surface area contributed by atoms with Crippen molar-refractivity contribution in [3.05, 3.63) is 54.4 Å². The lowest BCUT2D eigenvalue weighted by molar-refractivity contribution is -0.137. The van der Waals surface area contributed by atoms with Gasteiger partial charge in [0, 0.05) is 31.6 Å². The van der Waals surface area contributed by atoms with Gasteiger partial charge in [0.1, 0.15) is 0 Å². The van der Waals surface area contributed by atoms with Crippen molar-refractivity contribution in [2.24, 2.45) is 5.41 Å². The zero-order valence-electron chi connectivity index (χ0n) is 17.3. The van der Waals surface area contributed by atoms with Crippen LogP contribution in [0.3, 0.4) is 0 Å². The molecule has 0 spiro atoms. The lowest BCUT2D eigenvalue weighted by Crippen LogP contribution is -2.51. The summed E-state index contributed by atoms with van der Waals surface area (Å²) in [4.78, 5) is 20.0. The molecule has 0 aliphatic carbocycles. The first-order valence-corrected chi connectivity index (χ1v) is 10.7. The van der Waals surface area contributed by atoms with Crippen LogP contribution >= 0.6 is 0 Å². The van der Waals surface area contributed by atoms with Crippen LogP contribution in [-0.4, -0.2) is 55.2 Å². The molecule has 4 rings (SSSR count). The van der Waals surface area contributed by atoms with Gasteiger partial charge in [-0.1, -0.05) is 30.3 Å². The Kier molecular flexibility index (Phi) is 6.26. The second-order valence-electron chi connectivity index (χ2n) is 8.56. The molecule has 2 aromatic rings. The summed E-state index contributed by atoms with van der Waals surface area (Å²) in [5.74, 6) is 0.210. The van der Waals surface area contributed by atoms with Gasteiger partial charge < -0.3 is 15.0 Å². The predicted molar refractivity (Wildman–Crippen MR) is 115 cm³/mol. The molecule has 1 aromatic carbocycles. The van der Waals surface area contributed by atoms with E-state index in [1.54, 1.807) is 6.20 Å². The molecule has 29 heavy (non-hydrogen) atoms. The summed E-state index contributed by atoms with van der Waals surface area (Å²) >= 11 is 0. The number of hydrogen-bond acceptors (Lipinski definition) is 4. The zero-order chi connectivity index (χ0) is 20.1. The number of benzene rings is 1. The second kappa shape index (κ2) is 9.06. The van der Waals surface area contributed by atoms with Crippen molar-refractivity contribution in [2.45, 2.75) is 38.1 Å². The molecular formula is C24H31N3O2. The van der Waals surface area contributed by atoms with Gasteiger partial charge in [-0.15, -0.1) is 0 Å². The SMILES string of the molecule is CN1CCC(NC(=O)C2(Cc3cccc(-c4cccnc4)c3)CCOCC2)CC1. The van der Waals surface area contributed by atoms with Crippen LogP contribution in [0.25, 0.3) is 11.1 Å². The van der Waals surface area contributed by atoms with Crippen LogP contribution in [0, 0.1) is 5.41 Å².